The lowest BCUT2D eigenvalue weighted by atomic mass is 10.1. The number of halogens is 1. The first-order chi connectivity index (χ1) is 11.5. The Morgan fingerprint density at radius 3 is 2.46 bits per heavy atom. The lowest BCUT2D eigenvalue weighted by molar-refractivity contribution is -0.120. The summed E-state index contributed by atoms with van der Waals surface area (Å²) in [7, 11) is 3.15. The van der Waals surface area contributed by atoms with E-state index in [-0.39, 0.29) is 11.8 Å². The molecule has 0 radical (unpaired) electrons. The SMILES string of the molecule is CNC(=O)CCc1ccc(NC(=O)c2cc(Br)ccc2OC)cc1. The van der Waals surface area contributed by atoms with Crippen LogP contribution in [-0.2, 0) is 11.2 Å². The summed E-state index contributed by atoms with van der Waals surface area (Å²) in [5.41, 5.74) is 2.18. The van der Waals surface area contributed by atoms with Crippen molar-refractivity contribution < 1.29 is 14.3 Å². The molecule has 0 spiro atoms. The lowest BCUT2D eigenvalue weighted by Gasteiger charge is -2.10. The first kappa shape index (κ1) is 18.0. The zero-order valence-corrected chi connectivity index (χ0v) is 15.1. The van der Waals surface area contributed by atoms with Gasteiger partial charge in [-0.15, -0.1) is 0 Å². The minimum atomic E-state index is -0.244. The topological polar surface area (TPSA) is 67.4 Å². The Hall–Kier alpha value is -2.34. The Morgan fingerprint density at radius 1 is 1.12 bits per heavy atom. The van der Waals surface area contributed by atoms with Crippen LogP contribution in [0.2, 0.25) is 0 Å². The number of anilines is 1. The second-order valence-corrected chi connectivity index (χ2v) is 6.08. The quantitative estimate of drug-likeness (QED) is 0.794. The number of nitrogens with one attached hydrogen (secondary N) is 2. The highest BCUT2D eigenvalue weighted by atomic mass is 79.9. The number of hydrogen-bond donors (Lipinski definition) is 2. The predicted molar refractivity (Wildman–Crippen MR) is 97.5 cm³/mol. The van der Waals surface area contributed by atoms with Crippen molar-refractivity contribution in [3.05, 3.63) is 58.1 Å². The molecule has 0 heterocycles. The molecular weight excluding hydrogens is 372 g/mol. The Kier molecular flexibility index (Phi) is 6.37. The minimum absolute atomic E-state index is 0.00845. The van der Waals surface area contributed by atoms with Crippen LogP contribution in [0.4, 0.5) is 5.69 Å². The normalized spacial score (nSPS) is 10.1. The van der Waals surface area contributed by atoms with E-state index in [4.69, 9.17) is 4.74 Å². The summed E-state index contributed by atoms with van der Waals surface area (Å²) < 4.78 is 6.03. The molecule has 0 fully saturated rings. The summed E-state index contributed by atoms with van der Waals surface area (Å²) in [6.07, 6.45) is 1.10. The van der Waals surface area contributed by atoms with E-state index in [1.807, 2.05) is 30.3 Å². The Bertz CT molecular complexity index is 730. The maximum Gasteiger partial charge on any atom is 0.259 e. The van der Waals surface area contributed by atoms with E-state index in [2.05, 4.69) is 26.6 Å². The third-order valence-electron chi connectivity index (χ3n) is 3.54. The molecular formula is C18H19BrN2O3. The fourth-order valence-corrected chi connectivity index (χ4v) is 2.55. The second-order valence-electron chi connectivity index (χ2n) is 5.17. The molecule has 2 amide bonds. The van der Waals surface area contributed by atoms with Gasteiger partial charge < -0.3 is 15.4 Å². The van der Waals surface area contributed by atoms with E-state index >= 15 is 0 Å². The van der Waals surface area contributed by atoms with Gasteiger partial charge in [0.1, 0.15) is 5.75 Å². The van der Waals surface area contributed by atoms with Crippen LogP contribution in [0, 0.1) is 0 Å². The summed E-state index contributed by atoms with van der Waals surface area (Å²) in [6, 6.07) is 12.7. The maximum absolute atomic E-state index is 12.4. The Morgan fingerprint density at radius 2 is 1.83 bits per heavy atom. The van der Waals surface area contributed by atoms with Crippen molar-refractivity contribution in [2.24, 2.45) is 0 Å². The Labute approximate surface area is 149 Å². The van der Waals surface area contributed by atoms with E-state index in [1.54, 1.807) is 19.2 Å². The van der Waals surface area contributed by atoms with Gasteiger partial charge in [-0.1, -0.05) is 28.1 Å². The molecule has 2 aromatic rings. The van der Waals surface area contributed by atoms with Crippen LogP contribution in [0.3, 0.4) is 0 Å². The number of hydrogen-bond acceptors (Lipinski definition) is 3. The molecule has 0 aromatic heterocycles. The summed E-state index contributed by atoms with van der Waals surface area (Å²) >= 11 is 3.36. The largest absolute Gasteiger partial charge is 0.496 e. The summed E-state index contributed by atoms with van der Waals surface area (Å²) in [4.78, 5) is 23.7. The first-order valence-corrected chi connectivity index (χ1v) is 8.27. The molecule has 0 saturated heterocycles. The average molecular weight is 391 g/mol. The number of rotatable bonds is 6. The van der Waals surface area contributed by atoms with Gasteiger partial charge in [-0.2, -0.15) is 0 Å². The average Bonchev–Trinajstić information content (AvgIpc) is 2.60. The highest BCUT2D eigenvalue weighted by Crippen LogP contribution is 2.24. The van der Waals surface area contributed by atoms with Gasteiger partial charge in [0.15, 0.2) is 0 Å². The van der Waals surface area contributed by atoms with Crippen LogP contribution in [0.25, 0.3) is 0 Å². The zero-order valence-electron chi connectivity index (χ0n) is 13.6. The molecule has 0 aliphatic heterocycles. The smallest absolute Gasteiger partial charge is 0.259 e. The third kappa shape index (κ3) is 4.83. The van der Waals surface area contributed by atoms with Crippen LogP contribution in [0.1, 0.15) is 22.3 Å². The van der Waals surface area contributed by atoms with Gasteiger partial charge in [-0.25, -0.2) is 0 Å². The van der Waals surface area contributed by atoms with Crippen LogP contribution in [0.15, 0.2) is 46.9 Å². The molecule has 24 heavy (non-hydrogen) atoms. The fourth-order valence-electron chi connectivity index (χ4n) is 2.19. The second kappa shape index (κ2) is 8.49. The van der Waals surface area contributed by atoms with Crippen LogP contribution >= 0.6 is 15.9 Å². The van der Waals surface area contributed by atoms with E-state index in [9.17, 15) is 9.59 Å². The van der Waals surface area contributed by atoms with Crippen molar-refractivity contribution in [2.45, 2.75) is 12.8 Å². The van der Waals surface area contributed by atoms with Crippen molar-refractivity contribution in [2.75, 3.05) is 19.5 Å². The number of amides is 2. The molecule has 0 bridgehead atoms. The highest BCUT2D eigenvalue weighted by molar-refractivity contribution is 9.10. The van der Waals surface area contributed by atoms with Crippen molar-refractivity contribution in [1.29, 1.82) is 0 Å². The number of benzene rings is 2. The summed E-state index contributed by atoms with van der Waals surface area (Å²) in [5, 5.41) is 5.44. The van der Waals surface area contributed by atoms with Gasteiger partial charge in [0.25, 0.3) is 5.91 Å². The van der Waals surface area contributed by atoms with E-state index in [0.29, 0.717) is 29.8 Å². The van der Waals surface area contributed by atoms with E-state index in [1.165, 1.54) is 7.11 Å². The van der Waals surface area contributed by atoms with Crippen LogP contribution in [-0.4, -0.2) is 26.0 Å². The molecule has 5 nitrogen and oxygen atoms in total. The van der Waals surface area contributed by atoms with Crippen molar-refractivity contribution in [3.63, 3.8) is 0 Å². The predicted octanol–water partition coefficient (Wildman–Crippen LogP) is 3.39. The molecule has 2 aromatic carbocycles. The van der Waals surface area contributed by atoms with Gasteiger partial charge in [0.2, 0.25) is 5.91 Å². The molecule has 0 aliphatic carbocycles. The van der Waals surface area contributed by atoms with Gasteiger partial charge in [-0.05, 0) is 42.3 Å². The molecule has 0 aliphatic rings. The molecule has 0 atom stereocenters. The van der Waals surface area contributed by atoms with Crippen molar-refractivity contribution in [1.82, 2.24) is 5.32 Å². The molecule has 0 saturated carbocycles. The standard InChI is InChI=1S/C18H19BrN2O3/c1-20-17(22)10-5-12-3-7-14(8-4-12)21-18(23)15-11-13(19)6-9-16(15)24-2/h3-4,6-9,11H,5,10H2,1-2H3,(H,20,22)(H,21,23). The van der Waals surface area contributed by atoms with Crippen molar-refractivity contribution in [3.8, 4) is 5.75 Å². The van der Waals surface area contributed by atoms with Crippen LogP contribution in [0.5, 0.6) is 5.75 Å². The maximum atomic E-state index is 12.4. The summed E-state index contributed by atoms with van der Waals surface area (Å²) in [5.74, 6) is 0.276. The molecule has 2 rings (SSSR count). The van der Waals surface area contributed by atoms with Gasteiger partial charge in [0, 0.05) is 23.6 Å². The number of methoxy groups -OCH3 is 1. The monoisotopic (exact) mass is 390 g/mol. The highest BCUT2D eigenvalue weighted by Gasteiger charge is 2.13. The molecule has 2 N–H and O–H groups in total. The minimum Gasteiger partial charge on any atom is -0.496 e. The third-order valence-corrected chi connectivity index (χ3v) is 4.03. The fraction of sp³-hybridized carbons (Fsp3) is 0.222. The number of aryl methyl sites for hydroxylation is 1. The Balaban J connectivity index is 2.04. The number of carbonyl (C=O) groups is 2. The first-order valence-electron chi connectivity index (χ1n) is 7.48. The van der Waals surface area contributed by atoms with Gasteiger partial charge in [0.05, 0.1) is 12.7 Å². The molecule has 126 valence electrons. The van der Waals surface area contributed by atoms with Gasteiger partial charge >= 0.3 is 0 Å². The lowest BCUT2D eigenvalue weighted by Crippen LogP contribution is -2.17. The molecule has 0 unspecified atom stereocenters. The van der Waals surface area contributed by atoms with E-state index in [0.717, 1.165) is 10.0 Å². The zero-order chi connectivity index (χ0) is 17.5. The van der Waals surface area contributed by atoms with E-state index < -0.39 is 0 Å². The molecule has 6 heteroatoms. The van der Waals surface area contributed by atoms with Crippen LogP contribution < -0.4 is 15.4 Å². The number of carbonyl (C=O) groups excluding carboxylic acids is 2. The summed E-state index contributed by atoms with van der Waals surface area (Å²) in [6.45, 7) is 0. The number of ether oxygens (including phenoxy) is 1. The van der Waals surface area contributed by atoms with Crippen molar-refractivity contribution >= 4 is 33.4 Å². The van der Waals surface area contributed by atoms with Gasteiger partial charge in [-0.3, -0.25) is 9.59 Å².